The number of benzene rings is 1. The second kappa shape index (κ2) is 7.79. The number of fused-ring (bicyclic) bond motifs is 1. The Morgan fingerprint density at radius 1 is 1.03 bits per heavy atom. The van der Waals surface area contributed by atoms with E-state index in [0.29, 0.717) is 25.7 Å². The molecule has 1 aromatic carbocycles. The van der Waals surface area contributed by atoms with Gasteiger partial charge >= 0.3 is 0 Å². The Labute approximate surface area is 174 Å². The average molecular weight is 404 g/mol. The highest BCUT2D eigenvalue weighted by atomic mass is 16.5. The predicted octanol–water partition coefficient (Wildman–Crippen LogP) is 3.47. The monoisotopic (exact) mass is 404 g/mol. The summed E-state index contributed by atoms with van der Waals surface area (Å²) in [5, 5.41) is 9.08. The van der Waals surface area contributed by atoms with Gasteiger partial charge in [0.15, 0.2) is 5.65 Å². The van der Waals surface area contributed by atoms with Crippen molar-refractivity contribution < 1.29 is 9.15 Å². The third kappa shape index (κ3) is 3.50. The summed E-state index contributed by atoms with van der Waals surface area (Å²) in [5.74, 6) is 2.27. The molecule has 0 saturated carbocycles. The highest BCUT2D eigenvalue weighted by molar-refractivity contribution is 5.91. The summed E-state index contributed by atoms with van der Waals surface area (Å²) in [7, 11) is 0. The third-order valence-electron chi connectivity index (χ3n) is 5.27. The Bertz CT molecular complexity index is 1140. The molecule has 0 bridgehead atoms. The van der Waals surface area contributed by atoms with E-state index in [1.807, 2.05) is 23.7 Å². The van der Waals surface area contributed by atoms with Gasteiger partial charge in [0.25, 0.3) is 0 Å². The smallest absolute Gasteiger partial charge is 0.227 e. The van der Waals surface area contributed by atoms with Crippen molar-refractivity contribution in [2.24, 2.45) is 0 Å². The topological polar surface area (TPSA) is 81.2 Å². The van der Waals surface area contributed by atoms with Crippen LogP contribution in [0, 0.1) is 13.8 Å². The quantitative estimate of drug-likeness (QED) is 0.545. The van der Waals surface area contributed by atoms with E-state index in [-0.39, 0.29) is 0 Å². The zero-order valence-electron chi connectivity index (χ0n) is 17.1. The first-order valence-electron chi connectivity index (χ1n) is 10.1. The first kappa shape index (κ1) is 18.6. The van der Waals surface area contributed by atoms with Crippen molar-refractivity contribution in [1.29, 1.82) is 0 Å². The molecule has 0 unspecified atom stereocenters. The van der Waals surface area contributed by atoms with Crippen molar-refractivity contribution in [3.63, 3.8) is 0 Å². The average Bonchev–Trinajstić information content (AvgIpc) is 3.41. The van der Waals surface area contributed by atoms with Crippen molar-refractivity contribution in [1.82, 2.24) is 19.7 Å². The van der Waals surface area contributed by atoms with Crippen LogP contribution >= 0.6 is 0 Å². The minimum absolute atomic E-state index is 0.513. The molecule has 0 radical (unpaired) electrons. The first-order chi connectivity index (χ1) is 14.7. The third-order valence-corrected chi connectivity index (χ3v) is 5.27. The van der Waals surface area contributed by atoms with Gasteiger partial charge in [-0.05, 0) is 38.1 Å². The maximum absolute atomic E-state index is 5.54. The maximum atomic E-state index is 5.54. The van der Waals surface area contributed by atoms with E-state index in [1.54, 1.807) is 6.26 Å². The van der Waals surface area contributed by atoms with Crippen LogP contribution in [0.2, 0.25) is 0 Å². The van der Waals surface area contributed by atoms with Gasteiger partial charge in [0.05, 0.1) is 42.8 Å². The van der Waals surface area contributed by atoms with Crippen molar-refractivity contribution >= 4 is 22.8 Å². The van der Waals surface area contributed by atoms with Crippen LogP contribution in [0.25, 0.3) is 16.7 Å². The molecule has 8 heteroatoms. The molecular formula is C22H24N6O2. The van der Waals surface area contributed by atoms with Crippen LogP contribution in [0.4, 0.5) is 11.8 Å². The largest absolute Gasteiger partial charge is 0.467 e. The summed E-state index contributed by atoms with van der Waals surface area (Å²) < 4.78 is 12.9. The minimum atomic E-state index is 0.513. The Morgan fingerprint density at radius 2 is 1.83 bits per heavy atom. The Morgan fingerprint density at radius 3 is 2.57 bits per heavy atom. The molecule has 30 heavy (non-hydrogen) atoms. The number of nitrogens with one attached hydrogen (secondary N) is 1. The lowest BCUT2D eigenvalue weighted by molar-refractivity contribution is 0.122. The Kier molecular flexibility index (Phi) is 4.84. The number of hydrogen-bond acceptors (Lipinski definition) is 7. The number of aromatic nitrogens is 4. The van der Waals surface area contributed by atoms with Gasteiger partial charge in [-0.1, -0.05) is 17.7 Å². The van der Waals surface area contributed by atoms with Crippen molar-refractivity contribution in [3.05, 3.63) is 59.7 Å². The fourth-order valence-electron chi connectivity index (χ4n) is 3.69. The molecule has 5 rings (SSSR count). The standard InChI is InChI=1S/C22H24N6O2/c1-15-5-7-17(8-6-15)28-21-19(16(2)26-28)20(27-9-12-29-13-10-27)24-22(25-21)23-14-18-4-3-11-30-18/h3-8,11H,9-10,12-14H2,1-2H3,(H,23,24,25). The minimum Gasteiger partial charge on any atom is -0.467 e. The van der Waals surface area contributed by atoms with Crippen molar-refractivity contribution in [2.45, 2.75) is 20.4 Å². The fourth-order valence-corrected chi connectivity index (χ4v) is 3.69. The van der Waals surface area contributed by atoms with Gasteiger partial charge in [-0.25, -0.2) is 4.68 Å². The molecule has 1 fully saturated rings. The van der Waals surface area contributed by atoms with Crippen LogP contribution in [-0.2, 0) is 11.3 Å². The van der Waals surface area contributed by atoms with Gasteiger partial charge < -0.3 is 19.4 Å². The molecule has 1 aliphatic heterocycles. The van der Waals surface area contributed by atoms with Crippen LogP contribution in [-0.4, -0.2) is 46.1 Å². The maximum Gasteiger partial charge on any atom is 0.227 e. The van der Waals surface area contributed by atoms with E-state index in [4.69, 9.17) is 24.2 Å². The molecular weight excluding hydrogens is 380 g/mol. The summed E-state index contributed by atoms with van der Waals surface area (Å²) in [4.78, 5) is 11.9. The highest BCUT2D eigenvalue weighted by Crippen LogP contribution is 2.30. The number of anilines is 2. The van der Waals surface area contributed by atoms with Crippen LogP contribution in [0.3, 0.4) is 0 Å². The summed E-state index contributed by atoms with van der Waals surface area (Å²) in [6, 6.07) is 12.1. The van der Waals surface area contributed by atoms with Crippen molar-refractivity contribution in [2.75, 3.05) is 36.5 Å². The molecule has 1 aliphatic rings. The van der Waals surface area contributed by atoms with Gasteiger partial charge in [0, 0.05) is 13.1 Å². The van der Waals surface area contributed by atoms with Crippen LogP contribution in [0.5, 0.6) is 0 Å². The fraction of sp³-hybridized carbons (Fsp3) is 0.318. The normalized spacial score (nSPS) is 14.4. The first-order valence-corrected chi connectivity index (χ1v) is 10.1. The van der Waals surface area contributed by atoms with E-state index in [2.05, 4.69) is 41.4 Å². The summed E-state index contributed by atoms with van der Waals surface area (Å²) >= 11 is 0. The van der Waals surface area contributed by atoms with E-state index in [9.17, 15) is 0 Å². The molecule has 0 spiro atoms. The molecule has 1 N–H and O–H groups in total. The summed E-state index contributed by atoms with van der Waals surface area (Å²) in [6.45, 7) is 7.55. The Balaban J connectivity index is 1.62. The lowest BCUT2D eigenvalue weighted by Crippen LogP contribution is -2.37. The van der Waals surface area contributed by atoms with Gasteiger partial charge in [0.1, 0.15) is 11.6 Å². The zero-order valence-corrected chi connectivity index (χ0v) is 17.1. The number of morpholine rings is 1. The van der Waals surface area contributed by atoms with Crippen molar-refractivity contribution in [3.8, 4) is 5.69 Å². The molecule has 4 heterocycles. The lowest BCUT2D eigenvalue weighted by atomic mass is 10.2. The van der Waals surface area contributed by atoms with Gasteiger partial charge in [-0.2, -0.15) is 15.1 Å². The van der Waals surface area contributed by atoms with Gasteiger partial charge in [-0.15, -0.1) is 0 Å². The number of furan rings is 1. The molecule has 8 nitrogen and oxygen atoms in total. The molecule has 154 valence electrons. The number of rotatable bonds is 5. The zero-order chi connectivity index (χ0) is 20.5. The molecule has 0 amide bonds. The van der Waals surface area contributed by atoms with Gasteiger partial charge in [0.2, 0.25) is 5.95 Å². The SMILES string of the molecule is Cc1ccc(-n2nc(C)c3c(N4CCOCC4)nc(NCc4ccco4)nc32)cc1. The molecule has 1 saturated heterocycles. The van der Waals surface area contributed by atoms with Gasteiger partial charge in [-0.3, -0.25) is 0 Å². The molecule has 0 atom stereocenters. The molecule has 4 aromatic rings. The number of aryl methyl sites for hydroxylation is 2. The summed E-state index contributed by atoms with van der Waals surface area (Å²) in [6.07, 6.45) is 1.66. The van der Waals surface area contributed by atoms with E-state index in [0.717, 1.165) is 47.1 Å². The van der Waals surface area contributed by atoms with Crippen LogP contribution in [0.15, 0.2) is 47.1 Å². The summed E-state index contributed by atoms with van der Waals surface area (Å²) in [5.41, 5.74) is 3.87. The second-order valence-corrected chi connectivity index (χ2v) is 7.43. The molecule has 0 aliphatic carbocycles. The van der Waals surface area contributed by atoms with E-state index >= 15 is 0 Å². The number of hydrogen-bond donors (Lipinski definition) is 1. The lowest BCUT2D eigenvalue weighted by Gasteiger charge is -2.28. The number of ether oxygens (including phenoxy) is 1. The highest BCUT2D eigenvalue weighted by Gasteiger charge is 2.23. The predicted molar refractivity (Wildman–Crippen MR) is 115 cm³/mol. The van der Waals surface area contributed by atoms with Crippen LogP contribution < -0.4 is 10.2 Å². The van der Waals surface area contributed by atoms with E-state index in [1.165, 1.54) is 5.56 Å². The Hall–Kier alpha value is -3.39. The second-order valence-electron chi connectivity index (χ2n) is 7.43. The number of nitrogens with zero attached hydrogens (tertiary/aromatic N) is 5. The van der Waals surface area contributed by atoms with E-state index < -0.39 is 0 Å². The molecule has 3 aromatic heterocycles. The van der Waals surface area contributed by atoms with Crippen LogP contribution in [0.1, 0.15) is 17.0 Å².